The Labute approximate surface area is 219 Å². The number of hydrogen-bond acceptors (Lipinski definition) is 4. The molecule has 5 nitrogen and oxygen atoms in total. The number of carbonyl (C=O) groups is 1. The molecular formula is C32H34N2O3. The Morgan fingerprint density at radius 1 is 0.838 bits per heavy atom. The van der Waals surface area contributed by atoms with Crippen LogP contribution in [-0.2, 0) is 19.4 Å². The molecule has 0 radical (unpaired) electrons. The average molecular weight is 495 g/mol. The lowest BCUT2D eigenvalue weighted by Gasteiger charge is -2.29. The molecule has 0 saturated carbocycles. The molecule has 0 unspecified atom stereocenters. The summed E-state index contributed by atoms with van der Waals surface area (Å²) in [7, 11) is 3.38. The van der Waals surface area contributed by atoms with Crippen LogP contribution in [0.1, 0.15) is 39.9 Å². The van der Waals surface area contributed by atoms with Crippen molar-refractivity contribution in [3.05, 3.63) is 101 Å². The Bertz CT molecular complexity index is 1380. The molecule has 1 N–H and O–H groups in total. The van der Waals surface area contributed by atoms with Gasteiger partial charge in [-0.05, 0) is 96.1 Å². The maximum Gasteiger partial charge on any atom is 0.255 e. The maximum atomic E-state index is 12.7. The third-order valence-corrected chi connectivity index (χ3v) is 7.21. The smallest absolute Gasteiger partial charge is 0.255 e. The van der Waals surface area contributed by atoms with Gasteiger partial charge in [0.15, 0.2) is 11.5 Å². The quantitative estimate of drug-likeness (QED) is 0.270. The highest BCUT2D eigenvalue weighted by atomic mass is 16.5. The van der Waals surface area contributed by atoms with E-state index in [0.29, 0.717) is 5.56 Å². The van der Waals surface area contributed by atoms with E-state index in [-0.39, 0.29) is 5.91 Å². The van der Waals surface area contributed by atoms with Gasteiger partial charge in [0.1, 0.15) is 0 Å². The number of hydrogen-bond donors (Lipinski definition) is 1. The molecule has 5 rings (SSSR count). The molecule has 0 aromatic heterocycles. The number of benzene rings is 4. The minimum Gasteiger partial charge on any atom is -0.493 e. The van der Waals surface area contributed by atoms with Crippen molar-refractivity contribution in [2.45, 2.75) is 32.2 Å². The number of nitrogens with one attached hydrogen (secondary N) is 1. The number of aryl methyl sites for hydroxylation is 1. The molecule has 1 aliphatic heterocycles. The van der Waals surface area contributed by atoms with Crippen molar-refractivity contribution in [2.24, 2.45) is 0 Å². The number of methoxy groups -OCH3 is 2. The van der Waals surface area contributed by atoms with Crippen LogP contribution in [-0.4, -0.2) is 38.1 Å². The van der Waals surface area contributed by atoms with E-state index < -0.39 is 0 Å². The predicted octanol–water partition coefficient (Wildman–Crippen LogP) is 6.49. The van der Waals surface area contributed by atoms with Crippen molar-refractivity contribution in [1.82, 2.24) is 4.90 Å². The van der Waals surface area contributed by atoms with E-state index >= 15 is 0 Å². The highest BCUT2D eigenvalue weighted by Crippen LogP contribution is 2.33. The summed E-state index contributed by atoms with van der Waals surface area (Å²) >= 11 is 0. The molecule has 37 heavy (non-hydrogen) atoms. The van der Waals surface area contributed by atoms with E-state index in [0.717, 1.165) is 73.3 Å². The molecule has 0 fully saturated rings. The molecule has 0 bridgehead atoms. The van der Waals surface area contributed by atoms with Gasteiger partial charge in [0, 0.05) is 24.3 Å². The van der Waals surface area contributed by atoms with Crippen LogP contribution in [0.4, 0.5) is 5.69 Å². The summed E-state index contributed by atoms with van der Waals surface area (Å²) in [5.74, 6) is 1.53. The Balaban J connectivity index is 1.08. The molecule has 0 aliphatic carbocycles. The number of rotatable bonds is 9. The van der Waals surface area contributed by atoms with E-state index in [1.54, 1.807) is 14.2 Å². The normalized spacial score (nSPS) is 13.2. The van der Waals surface area contributed by atoms with E-state index in [9.17, 15) is 4.79 Å². The Hall–Kier alpha value is -3.83. The predicted molar refractivity (Wildman–Crippen MR) is 150 cm³/mol. The second kappa shape index (κ2) is 11.5. The molecule has 0 saturated heterocycles. The summed E-state index contributed by atoms with van der Waals surface area (Å²) < 4.78 is 10.9. The van der Waals surface area contributed by atoms with Crippen molar-refractivity contribution in [2.75, 3.05) is 32.6 Å². The number of nitrogens with zero attached hydrogens (tertiary/aromatic N) is 1. The summed E-state index contributed by atoms with van der Waals surface area (Å²) in [6.45, 7) is 3.13. The Morgan fingerprint density at radius 2 is 1.57 bits per heavy atom. The monoisotopic (exact) mass is 494 g/mol. The molecule has 1 amide bonds. The first-order valence-corrected chi connectivity index (χ1v) is 13.0. The van der Waals surface area contributed by atoms with Gasteiger partial charge in [0.05, 0.1) is 14.2 Å². The van der Waals surface area contributed by atoms with Crippen molar-refractivity contribution in [1.29, 1.82) is 0 Å². The zero-order valence-corrected chi connectivity index (χ0v) is 21.6. The minimum absolute atomic E-state index is 0.0855. The van der Waals surface area contributed by atoms with Crippen LogP contribution in [0.5, 0.6) is 11.5 Å². The van der Waals surface area contributed by atoms with Crippen LogP contribution in [0.3, 0.4) is 0 Å². The van der Waals surface area contributed by atoms with Crippen molar-refractivity contribution in [3.8, 4) is 11.5 Å². The van der Waals surface area contributed by atoms with E-state index in [2.05, 4.69) is 40.5 Å². The zero-order valence-electron chi connectivity index (χ0n) is 21.6. The molecule has 4 aromatic rings. The van der Waals surface area contributed by atoms with Gasteiger partial charge in [0.25, 0.3) is 5.91 Å². The first-order chi connectivity index (χ1) is 18.1. The zero-order chi connectivity index (χ0) is 25.6. The lowest BCUT2D eigenvalue weighted by molar-refractivity contribution is 0.102. The fraction of sp³-hybridized carbons (Fsp3) is 0.281. The lowest BCUT2D eigenvalue weighted by atomic mass is 9.98. The maximum absolute atomic E-state index is 12.7. The summed E-state index contributed by atoms with van der Waals surface area (Å²) in [5, 5.41) is 5.22. The molecule has 0 spiro atoms. The molecular weight excluding hydrogens is 460 g/mol. The van der Waals surface area contributed by atoms with Gasteiger partial charge in [-0.25, -0.2) is 0 Å². The number of carbonyl (C=O) groups excluding carboxylic acids is 1. The molecule has 1 aliphatic rings. The third kappa shape index (κ3) is 5.95. The van der Waals surface area contributed by atoms with Gasteiger partial charge in [-0.15, -0.1) is 0 Å². The largest absolute Gasteiger partial charge is 0.493 e. The Kier molecular flexibility index (Phi) is 7.71. The molecule has 190 valence electrons. The number of anilines is 1. The first kappa shape index (κ1) is 24.8. The fourth-order valence-corrected chi connectivity index (χ4v) is 5.09. The van der Waals surface area contributed by atoms with E-state index in [1.165, 1.54) is 16.7 Å². The Morgan fingerprint density at radius 3 is 2.32 bits per heavy atom. The molecule has 4 aromatic carbocycles. The molecule has 5 heteroatoms. The first-order valence-electron chi connectivity index (χ1n) is 13.0. The van der Waals surface area contributed by atoms with Crippen molar-refractivity contribution in [3.63, 3.8) is 0 Å². The summed E-state index contributed by atoms with van der Waals surface area (Å²) in [6.07, 6.45) is 4.37. The van der Waals surface area contributed by atoms with Gasteiger partial charge in [-0.3, -0.25) is 9.69 Å². The fourth-order valence-electron chi connectivity index (χ4n) is 5.09. The van der Waals surface area contributed by atoms with Crippen molar-refractivity contribution >= 4 is 22.4 Å². The van der Waals surface area contributed by atoms with Gasteiger partial charge in [0.2, 0.25) is 0 Å². The second-order valence-corrected chi connectivity index (χ2v) is 9.67. The van der Waals surface area contributed by atoms with Crippen LogP contribution < -0.4 is 14.8 Å². The lowest BCUT2D eigenvalue weighted by Crippen LogP contribution is -2.31. The number of fused-ring (bicyclic) bond motifs is 2. The van der Waals surface area contributed by atoms with Crippen LogP contribution in [0.2, 0.25) is 0 Å². The highest BCUT2D eigenvalue weighted by Gasteiger charge is 2.19. The SMILES string of the molecule is COc1cc2c(cc1OC)CN(CCCCc1ccc(NC(=O)c3ccc4ccccc4c3)cc1)CC2. The number of ether oxygens (including phenoxy) is 2. The number of unbranched alkanes of at least 4 members (excludes halogenated alkanes) is 1. The standard InChI is InChI=1S/C32H34N2O3/c1-36-30-20-26-16-18-34(22-28(26)21-31(30)37-2)17-6-5-7-23-10-14-29(15-11-23)33-32(35)27-13-12-24-8-3-4-9-25(24)19-27/h3-4,8-15,19-21H,5-7,16-18,22H2,1-2H3,(H,33,35). The molecule has 0 atom stereocenters. The topological polar surface area (TPSA) is 50.8 Å². The summed E-state index contributed by atoms with van der Waals surface area (Å²) in [6, 6.07) is 26.4. The highest BCUT2D eigenvalue weighted by molar-refractivity contribution is 6.06. The van der Waals surface area contributed by atoms with E-state index in [1.807, 2.05) is 48.5 Å². The van der Waals surface area contributed by atoms with Crippen LogP contribution in [0, 0.1) is 0 Å². The minimum atomic E-state index is -0.0855. The van der Waals surface area contributed by atoms with Crippen LogP contribution >= 0.6 is 0 Å². The summed E-state index contributed by atoms with van der Waals surface area (Å²) in [4.78, 5) is 15.2. The van der Waals surface area contributed by atoms with Crippen LogP contribution in [0.25, 0.3) is 10.8 Å². The number of amides is 1. The molecule has 1 heterocycles. The summed E-state index contributed by atoms with van der Waals surface area (Å²) in [5.41, 5.74) is 5.48. The third-order valence-electron chi connectivity index (χ3n) is 7.21. The van der Waals surface area contributed by atoms with Gasteiger partial charge >= 0.3 is 0 Å². The van der Waals surface area contributed by atoms with Gasteiger partial charge in [-0.2, -0.15) is 0 Å². The second-order valence-electron chi connectivity index (χ2n) is 9.67. The van der Waals surface area contributed by atoms with Gasteiger partial charge < -0.3 is 14.8 Å². The van der Waals surface area contributed by atoms with Crippen molar-refractivity contribution < 1.29 is 14.3 Å². The average Bonchev–Trinajstić information content (AvgIpc) is 2.95. The van der Waals surface area contributed by atoms with Crippen LogP contribution in [0.15, 0.2) is 78.9 Å². The van der Waals surface area contributed by atoms with Gasteiger partial charge in [-0.1, -0.05) is 42.5 Å². The van der Waals surface area contributed by atoms with E-state index in [4.69, 9.17) is 9.47 Å².